The summed E-state index contributed by atoms with van der Waals surface area (Å²) in [6.07, 6.45) is 0.772. The van der Waals surface area contributed by atoms with E-state index in [2.05, 4.69) is 5.32 Å². The Bertz CT molecular complexity index is 1190. The fourth-order valence-electron chi connectivity index (χ4n) is 3.32. The van der Waals surface area contributed by atoms with Crippen molar-refractivity contribution in [1.82, 2.24) is 5.32 Å². The van der Waals surface area contributed by atoms with Crippen molar-refractivity contribution in [3.05, 3.63) is 89.4 Å². The molecule has 1 amide bonds. The zero-order valence-corrected chi connectivity index (χ0v) is 21.9. The number of benzene rings is 3. The summed E-state index contributed by atoms with van der Waals surface area (Å²) in [5.74, 6) is 1.93. The molecule has 0 aliphatic rings. The first-order chi connectivity index (χ1) is 16.9. The Hall–Kier alpha value is -2.68. The summed E-state index contributed by atoms with van der Waals surface area (Å²) < 4.78 is 33.3. The first-order valence-corrected chi connectivity index (χ1v) is 14.3. The van der Waals surface area contributed by atoms with Gasteiger partial charge in [0.1, 0.15) is 12.3 Å². The minimum atomic E-state index is -3.95. The van der Waals surface area contributed by atoms with Crippen LogP contribution in [-0.2, 0) is 20.6 Å². The van der Waals surface area contributed by atoms with E-state index in [4.69, 9.17) is 16.3 Å². The van der Waals surface area contributed by atoms with Gasteiger partial charge in [-0.05, 0) is 73.2 Å². The third-order valence-electron chi connectivity index (χ3n) is 5.00. The maximum absolute atomic E-state index is 13.4. The molecule has 0 aliphatic heterocycles. The Balaban J connectivity index is 1.57. The minimum absolute atomic E-state index is 0.0926. The van der Waals surface area contributed by atoms with Crippen molar-refractivity contribution in [2.75, 3.05) is 29.8 Å². The molecule has 0 fully saturated rings. The number of hydrogen-bond donors (Lipinski definition) is 1. The van der Waals surface area contributed by atoms with Crippen molar-refractivity contribution >= 4 is 45.0 Å². The van der Waals surface area contributed by atoms with Crippen LogP contribution in [0, 0.1) is 0 Å². The third kappa shape index (κ3) is 8.19. The molecule has 6 nitrogen and oxygen atoms in total. The smallest absolute Gasteiger partial charge is 0.264 e. The van der Waals surface area contributed by atoms with Gasteiger partial charge >= 0.3 is 0 Å². The van der Waals surface area contributed by atoms with Crippen molar-refractivity contribution < 1.29 is 17.9 Å². The van der Waals surface area contributed by atoms with Gasteiger partial charge in [0.15, 0.2) is 0 Å². The molecule has 0 saturated heterocycles. The highest BCUT2D eigenvalue weighted by molar-refractivity contribution is 7.98. The van der Waals surface area contributed by atoms with E-state index < -0.39 is 10.0 Å². The molecule has 35 heavy (non-hydrogen) atoms. The summed E-state index contributed by atoms with van der Waals surface area (Å²) in [5, 5.41) is 3.56. The average molecular weight is 533 g/mol. The maximum atomic E-state index is 13.4. The minimum Gasteiger partial charge on any atom is -0.494 e. The molecule has 1 N–H and O–H groups in total. The Morgan fingerprint density at radius 3 is 2.46 bits per heavy atom. The molecule has 0 bridgehead atoms. The molecule has 3 aromatic carbocycles. The number of para-hydroxylation sites is 1. The topological polar surface area (TPSA) is 75.7 Å². The molecule has 9 heteroatoms. The molecular formula is C26H29ClN2O4S2. The van der Waals surface area contributed by atoms with Gasteiger partial charge in [-0.25, -0.2) is 8.42 Å². The lowest BCUT2D eigenvalue weighted by molar-refractivity contribution is -0.119. The van der Waals surface area contributed by atoms with Crippen molar-refractivity contribution in [3.8, 4) is 5.75 Å². The van der Waals surface area contributed by atoms with Crippen LogP contribution < -0.4 is 14.4 Å². The Morgan fingerprint density at radius 2 is 1.77 bits per heavy atom. The average Bonchev–Trinajstić information content (AvgIpc) is 2.86. The number of hydrogen-bond acceptors (Lipinski definition) is 5. The molecule has 0 spiro atoms. The number of thioether (sulfide) groups is 1. The van der Waals surface area contributed by atoms with Crippen LogP contribution in [0.1, 0.15) is 18.9 Å². The van der Waals surface area contributed by atoms with Crippen molar-refractivity contribution in [3.63, 3.8) is 0 Å². The second-order valence-electron chi connectivity index (χ2n) is 7.64. The van der Waals surface area contributed by atoms with Gasteiger partial charge in [-0.3, -0.25) is 9.10 Å². The summed E-state index contributed by atoms with van der Waals surface area (Å²) in [6, 6.07) is 22.6. The van der Waals surface area contributed by atoms with Gasteiger partial charge in [-0.2, -0.15) is 11.8 Å². The highest BCUT2D eigenvalue weighted by Crippen LogP contribution is 2.25. The van der Waals surface area contributed by atoms with Gasteiger partial charge in [0.05, 0.1) is 17.2 Å². The number of carbonyl (C=O) groups is 1. The van der Waals surface area contributed by atoms with Crippen LogP contribution in [0.5, 0.6) is 5.75 Å². The molecule has 0 heterocycles. The fraction of sp³-hybridized carbons (Fsp3) is 0.269. The highest BCUT2D eigenvalue weighted by atomic mass is 35.5. The van der Waals surface area contributed by atoms with Gasteiger partial charge in [-0.15, -0.1) is 0 Å². The second kappa shape index (κ2) is 13.4. The molecule has 186 valence electrons. The van der Waals surface area contributed by atoms with Crippen LogP contribution in [0.3, 0.4) is 0 Å². The summed E-state index contributed by atoms with van der Waals surface area (Å²) in [6.45, 7) is 2.50. The van der Waals surface area contributed by atoms with E-state index in [1.54, 1.807) is 54.2 Å². The standard InChI is InChI=1S/C26H29ClN2O4S2/c1-2-33-24-12-14-25(15-13-24)35(31,32)29(23-10-4-3-5-11-23)19-26(30)28-16-7-17-34-20-21-8-6-9-22(27)18-21/h3-6,8-15,18H,2,7,16-17,19-20H2,1H3,(H,28,30). The lowest BCUT2D eigenvalue weighted by atomic mass is 10.2. The molecule has 0 aromatic heterocycles. The fourth-order valence-corrected chi connectivity index (χ4v) is 5.86. The Morgan fingerprint density at radius 1 is 1.03 bits per heavy atom. The number of amides is 1. The number of nitrogens with zero attached hydrogens (tertiary/aromatic N) is 1. The number of carbonyl (C=O) groups excluding carboxylic acids is 1. The van der Waals surface area contributed by atoms with Gasteiger partial charge in [-0.1, -0.05) is 41.9 Å². The lowest BCUT2D eigenvalue weighted by Crippen LogP contribution is -2.41. The summed E-state index contributed by atoms with van der Waals surface area (Å²) in [5.41, 5.74) is 1.58. The van der Waals surface area contributed by atoms with Crippen molar-refractivity contribution in [2.24, 2.45) is 0 Å². The van der Waals surface area contributed by atoms with Gasteiger partial charge in [0.25, 0.3) is 10.0 Å². The van der Waals surface area contributed by atoms with Crippen LogP contribution in [0.2, 0.25) is 5.02 Å². The molecule has 0 atom stereocenters. The van der Waals surface area contributed by atoms with E-state index in [9.17, 15) is 13.2 Å². The van der Waals surface area contributed by atoms with Crippen molar-refractivity contribution in [2.45, 2.75) is 24.0 Å². The Kier molecular flexibility index (Phi) is 10.3. The zero-order chi connectivity index (χ0) is 25.1. The predicted molar refractivity (Wildman–Crippen MR) is 144 cm³/mol. The monoisotopic (exact) mass is 532 g/mol. The molecule has 0 aliphatic carbocycles. The predicted octanol–water partition coefficient (Wildman–Crippen LogP) is 5.37. The molecular weight excluding hydrogens is 504 g/mol. The number of halogens is 1. The normalized spacial score (nSPS) is 11.1. The first kappa shape index (κ1) is 26.9. The lowest BCUT2D eigenvalue weighted by Gasteiger charge is -2.24. The van der Waals surface area contributed by atoms with E-state index >= 15 is 0 Å². The number of sulfonamides is 1. The van der Waals surface area contributed by atoms with Crippen LogP contribution >= 0.6 is 23.4 Å². The molecule has 3 aromatic rings. The van der Waals surface area contributed by atoms with E-state index in [1.807, 2.05) is 31.2 Å². The van der Waals surface area contributed by atoms with E-state index in [0.717, 1.165) is 32.8 Å². The molecule has 0 saturated carbocycles. The molecule has 3 rings (SSSR count). The third-order valence-corrected chi connectivity index (χ3v) is 8.14. The Labute approximate surface area is 216 Å². The maximum Gasteiger partial charge on any atom is 0.264 e. The van der Waals surface area contributed by atoms with Crippen LogP contribution in [0.4, 0.5) is 5.69 Å². The van der Waals surface area contributed by atoms with Crippen LogP contribution in [0.15, 0.2) is 83.8 Å². The highest BCUT2D eigenvalue weighted by Gasteiger charge is 2.27. The number of ether oxygens (including phenoxy) is 1. The zero-order valence-electron chi connectivity index (χ0n) is 19.5. The largest absolute Gasteiger partial charge is 0.494 e. The molecule has 0 unspecified atom stereocenters. The summed E-state index contributed by atoms with van der Waals surface area (Å²) in [7, 11) is -3.95. The van der Waals surface area contributed by atoms with Gasteiger partial charge in [0.2, 0.25) is 5.91 Å². The number of anilines is 1. The summed E-state index contributed by atoms with van der Waals surface area (Å²) >= 11 is 7.77. The quantitative estimate of drug-likeness (QED) is 0.299. The van der Waals surface area contributed by atoms with Gasteiger partial charge < -0.3 is 10.1 Å². The number of nitrogens with one attached hydrogen (secondary N) is 1. The summed E-state index contributed by atoms with van der Waals surface area (Å²) in [4.78, 5) is 12.8. The molecule has 0 radical (unpaired) electrons. The van der Waals surface area contributed by atoms with Crippen LogP contribution in [0.25, 0.3) is 0 Å². The van der Waals surface area contributed by atoms with E-state index in [0.29, 0.717) is 24.6 Å². The number of rotatable bonds is 13. The van der Waals surface area contributed by atoms with Gasteiger partial charge in [0, 0.05) is 17.3 Å². The van der Waals surface area contributed by atoms with E-state index in [-0.39, 0.29) is 17.3 Å². The SMILES string of the molecule is CCOc1ccc(S(=O)(=O)N(CC(=O)NCCCSCc2cccc(Cl)c2)c2ccccc2)cc1. The van der Waals surface area contributed by atoms with Crippen LogP contribution in [-0.4, -0.2) is 39.8 Å². The van der Waals surface area contributed by atoms with E-state index in [1.165, 1.54) is 12.1 Å². The van der Waals surface area contributed by atoms with Crippen molar-refractivity contribution in [1.29, 1.82) is 0 Å². The second-order valence-corrected chi connectivity index (χ2v) is 11.0. The first-order valence-electron chi connectivity index (χ1n) is 11.3.